The molecule has 0 spiro atoms. The zero-order valence-electron chi connectivity index (χ0n) is 18.5. The van der Waals surface area contributed by atoms with Crippen LogP contribution in [0.15, 0.2) is 68.5 Å². The van der Waals surface area contributed by atoms with E-state index in [0.717, 1.165) is 34.6 Å². The second-order valence-electron chi connectivity index (χ2n) is 8.12. The van der Waals surface area contributed by atoms with Crippen LogP contribution in [-0.4, -0.2) is 48.2 Å². The number of aryl methyl sites for hydroxylation is 1. The fourth-order valence-electron chi connectivity index (χ4n) is 4.01. The normalized spacial score (nSPS) is 18.1. The number of hydrogen-bond donors (Lipinski definition) is 2. The highest BCUT2D eigenvalue weighted by Gasteiger charge is 2.26. The molecule has 0 saturated heterocycles. The van der Waals surface area contributed by atoms with E-state index in [1.807, 2.05) is 42.5 Å². The molecule has 2 N–H and O–H groups in total. The van der Waals surface area contributed by atoms with Gasteiger partial charge in [0.1, 0.15) is 5.75 Å². The molecular formula is C24H24N6O4. The lowest BCUT2D eigenvalue weighted by atomic mass is 9.91. The van der Waals surface area contributed by atoms with Gasteiger partial charge in [-0.25, -0.2) is 0 Å². The number of aromatic nitrogens is 2. The number of benzene rings is 1. The van der Waals surface area contributed by atoms with Crippen molar-refractivity contribution in [3.63, 3.8) is 0 Å². The first-order valence-corrected chi connectivity index (χ1v) is 11.3. The van der Waals surface area contributed by atoms with Crippen LogP contribution in [0.1, 0.15) is 17.9 Å². The summed E-state index contributed by atoms with van der Waals surface area (Å²) in [4.78, 5) is 28.4. The SMILES string of the molecule is O=C(CCc1nc(-c2ccc3c(c2)CCO3)no1)NCCNCC1=C2C=CC=CC2C(=O)N=N1. The third-order valence-corrected chi connectivity index (χ3v) is 5.79. The van der Waals surface area contributed by atoms with E-state index in [1.54, 1.807) is 0 Å². The van der Waals surface area contributed by atoms with Crippen molar-refractivity contribution in [3.05, 3.63) is 65.2 Å². The van der Waals surface area contributed by atoms with Crippen LogP contribution in [0.3, 0.4) is 0 Å². The summed E-state index contributed by atoms with van der Waals surface area (Å²) in [5.41, 5.74) is 3.62. The summed E-state index contributed by atoms with van der Waals surface area (Å²) >= 11 is 0. The van der Waals surface area contributed by atoms with Gasteiger partial charge in [-0.15, -0.1) is 5.11 Å². The van der Waals surface area contributed by atoms with Gasteiger partial charge in [-0.1, -0.05) is 29.5 Å². The summed E-state index contributed by atoms with van der Waals surface area (Å²) < 4.78 is 10.8. The average molecular weight is 460 g/mol. The minimum atomic E-state index is -0.346. The Kier molecular flexibility index (Phi) is 6.39. The zero-order chi connectivity index (χ0) is 23.3. The van der Waals surface area contributed by atoms with Crippen LogP contribution in [0.4, 0.5) is 0 Å². The van der Waals surface area contributed by atoms with Gasteiger partial charge < -0.3 is 19.9 Å². The van der Waals surface area contributed by atoms with Crippen LogP contribution < -0.4 is 15.4 Å². The average Bonchev–Trinajstić information content (AvgIpc) is 3.53. The number of amides is 2. The van der Waals surface area contributed by atoms with Gasteiger partial charge in [0, 0.05) is 44.5 Å². The second kappa shape index (κ2) is 9.92. The number of fused-ring (bicyclic) bond motifs is 2. The third-order valence-electron chi connectivity index (χ3n) is 5.79. The molecule has 2 aliphatic heterocycles. The predicted octanol–water partition coefficient (Wildman–Crippen LogP) is 2.30. The Morgan fingerprint density at radius 3 is 3.06 bits per heavy atom. The quantitative estimate of drug-likeness (QED) is 0.549. The summed E-state index contributed by atoms with van der Waals surface area (Å²) in [6.07, 6.45) is 8.93. The molecule has 174 valence electrons. The van der Waals surface area contributed by atoms with E-state index in [1.165, 1.54) is 0 Å². The van der Waals surface area contributed by atoms with Crippen molar-refractivity contribution in [2.45, 2.75) is 19.3 Å². The topological polar surface area (TPSA) is 131 Å². The minimum Gasteiger partial charge on any atom is -0.493 e. The monoisotopic (exact) mass is 460 g/mol. The molecule has 1 atom stereocenters. The Bertz CT molecular complexity index is 1230. The number of hydrogen-bond acceptors (Lipinski definition) is 8. The van der Waals surface area contributed by atoms with Crippen molar-refractivity contribution in [1.29, 1.82) is 0 Å². The lowest BCUT2D eigenvalue weighted by molar-refractivity contribution is -0.121. The molecular weight excluding hydrogens is 436 g/mol. The first-order chi connectivity index (χ1) is 16.7. The van der Waals surface area contributed by atoms with E-state index >= 15 is 0 Å². The summed E-state index contributed by atoms with van der Waals surface area (Å²) in [6.45, 7) is 2.18. The van der Waals surface area contributed by atoms with Crippen molar-refractivity contribution in [1.82, 2.24) is 20.8 Å². The van der Waals surface area contributed by atoms with E-state index in [9.17, 15) is 9.59 Å². The van der Waals surface area contributed by atoms with Crippen LogP contribution in [0.25, 0.3) is 11.4 Å². The first-order valence-electron chi connectivity index (χ1n) is 11.3. The summed E-state index contributed by atoms with van der Waals surface area (Å²) in [6, 6.07) is 5.84. The van der Waals surface area contributed by atoms with Crippen molar-refractivity contribution in [2.75, 3.05) is 26.2 Å². The predicted molar refractivity (Wildman–Crippen MR) is 122 cm³/mol. The van der Waals surface area contributed by atoms with Crippen molar-refractivity contribution in [2.24, 2.45) is 16.1 Å². The molecule has 1 aromatic heterocycles. The van der Waals surface area contributed by atoms with Crippen LogP contribution in [0.2, 0.25) is 0 Å². The van der Waals surface area contributed by atoms with Gasteiger partial charge in [0.15, 0.2) is 0 Å². The van der Waals surface area contributed by atoms with Gasteiger partial charge in [0.2, 0.25) is 17.6 Å². The maximum Gasteiger partial charge on any atom is 0.275 e. The van der Waals surface area contributed by atoms with Crippen LogP contribution >= 0.6 is 0 Å². The summed E-state index contributed by atoms with van der Waals surface area (Å²) in [7, 11) is 0. The molecule has 3 aliphatic rings. The fourth-order valence-corrected chi connectivity index (χ4v) is 4.01. The first kappa shape index (κ1) is 21.9. The van der Waals surface area contributed by atoms with E-state index in [0.29, 0.717) is 44.4 Å². The Hall–Kier alpha value is -3.92. The van der Waals surface area contributed by atoms with Gasteiger partial charge in [0.05, 0.1) is 18.2 Å². The number of nitrogens with zero attached hydrogens (tertiary/aromatic N) is 4. The van der Waals surface area contributed by atoms with E-state index in [2.05, 4.69) is 31.0 Å². The van der Waals surface area contributed by atoms with Crippen molar-refractivity contribution >= 4 is 11.8 Å². The number of ether oxygens (including phenoxy) is 1. The maximum atomic E-state index is 12.2. The molecule has 0 radical (unpaired) electrons. The number of allylic oxidation sites excluding steroid dienone is 3. The molecule has 10 heteroatoms. The summed E-state index contributed by atoms with van der Waals surface area (Å²) in [5.74, 6) is 1.15. The molecule has 34 heavy (non-hydrogen) atoms. The number of carbonyl (C=O) groups is 2. The highest BCUT2D eigenvalue weighted by Crippen LogP contribution is 2.30. The minimum absolute atomic E-state index is 0.0957. The molecule has 10 nitrogen and oxygen atoms in total. The number of carbonyl (C=O) groups excluding carboxylic acids is 2. The lowest BCUT2D eigenvalue weighted by Crippen LogP contribution is -2.33. The highest BCUT2D eigenvalue weighted by molar-refractivity contribution is 5.86. The Labute approximate surface area is 195 Å². The molecule has 2 aromatic rings. The van der Waals surface area contributed by atoms with Crippen molar-refractivity contribution in [3.8, 4) is 17.1 Å². The number of rotatable bonds is 9. The Morgan fingerprint density at radius 1 is 1.18 bits per heavy atom. The molecule has 1 aromatic carbocycles. The van der Waals surface area contributed by atoms with E-state index in [4.69, 9.17) is 9.26 Å². The Morgan fingerprint density at radius 2 is 2.12 bits per heavy atom. The van der Waals surface area contributed by atoms with Gasteiger partial charge in [-0.2, -0.15) is 10.1 Å². The fraction of sp³-hybridized carbons (Fsp3) is 0.333. The second-order valence-corrected chi connectivity index (χ2v) is 8.12. The van der Waals surface area contributed by atoms with Gasteiger partial charge >= 0.3 is 0 Å². The van der Waals surface area contributed by atoms with Crippen LogP contribution in [0, 0.1) is 5.92 Å². The van der Waals surface area contributed by atoms with Gasteiger partial charge in [-0.05, 0) is 29.3 Å². The molecule has 0 bridgehead atoms. The van der Waals surface area contributed by atoms with Gasteiger partial charge in [0.25, 0.3) is 5.91 Å². The van der Waals surface area contributed by atoms with Crippen LogP contribution in [0.5, 0.6) is 5.75 Å². The smallest absolute Gasteiger partial charge is 0.275 e. The standard InChI is InChI=1S/C24H24N6O4/c31-21(26-11-10-25-14-19-17-3-1-2-4-18(17)24(32)29-28-19)7-8-22-27-23(30-34-22)16-5-6-20-15(13-16)9-12-33-20/h1-6,13,18,25H,7-12,14H2,(H,26,31). The van der Waals surface area contributed by atoms with Crippen molar-refractivity contribution < 1.29 is 18.8 Å². The molecule has 3 heterocycles. The molecule has 0 fully saturated rings. The highest BCUT2D eigenvalue weighted by atomic mass is 16.5. The molecule has 1 aliphatic carbocycles. The number of nitrogens with one attached hydrogen (secondary N) is 2. The molecule has 2 amide bonds. The van der Waals surface area contributed by atoms with Crippen LogP contribution in [-0.2, 0) is 22.4 Å². The summed E-state index contributed by atoms with van der Waals surface area (Å²) in [5, 5.41) is 17.9. The van der Waals surface area contributed by atoms with E-state index in [-0.39, 0.29) is 24.2 Å². The lowest BCUT2D eigenvalue weighted by Gasteiger charge is -2.19. The van der Waals surface area contributed by atoms with E-state index < -0.39 is 0 Å². The zero-order valence-corrected chi connectivity index (χ0v) is 18.5. The third kappa shape index (κ3) is 4.86. The molecule has 5 rings (SSSR count). The Balaban J connectivity index is 1.03. The number of azo groups is 1. The van der Waals surface area contributed by atoms with Gasteiger partial charge in [-0.3, -0.25) is 9.59 Å². The largest absolute Gasteiger partial charge is 0.493 e. The molecule has 0 saturated carbocycles. The maximum absolute atomic E-state index is 12.2. The molecule has 1 unspecified atom stereocenters.